The fraction of sp³-hybridized carbons (Fsp3) is 0.0714. The maximum atomic E-state index is 5.34. The number of hydrogen-bond donors (Lipinski definition) is 0. The van der Waals surface area contributed by atoms with Crippen LogP contribution in [0.3, 0.4) is 0 Å². The molecule has 0 radical (unpaired) electrons. The molecule has 3 heterocycles. The van der Waals surface area contributed by atoms with Crippen molar-refractivity contribution in [2.75, 3.05) is 0 Å². The Morgan fingerprint density at radius 2 is 0.809 bits per heavy atom. The van der Waals surface area contributed by atoms with Crippen LogP contribution < -0.4 is 0 Å². The van der Waals surface area contributed by atoms with E-state index in [4.69, 9.17) is 15.0 Å². The summed E-state index contributed by atoms with van der Waals surface area (Å²) in [6.45, 7) is 4.61. The number of para-hydroxylation sites is 4. The molecular formula is C42H29N5. The number of benzene rings is 6. The predicted octanol–water partition coefficient (Wildman–Crippen LogP) is 10.0. The summed E-state index contributed by atoms with van der Waals surface area (Å²) in [6, 6.07) is 49.3. The number of nitrogens with zero attached hydrogens (tertiary/aromatic N) is 5. The maximum absolute atomic E-state index is 5.34. The molecule has 10 rings (SSSR count). The summed E-state index contributed by atoms with van der Waals surface area (Å²) < 4.78 is 4.38. The Bertz CT molecular complexity index is 2490. The van der Waals surface area contributed by atoms with Crippen LogP contribution >= 0.6 is 0 Å². The highest BCUT2D eigenvalue weighted by atomic mass is 15.3. The van der Waals surface area contributed by atoms with Crippen LogP contribution in [0, 0.1) is 0 Å². The van der Waals surface area contributed by atoms with E-state index in [0.29, 0.717) is 17.7 Å². The van der Waals surface area contributed by atoms with Gasteiger partial charge < -0.3 is 0 Å². The van der Waals surface area contributed by atoms with E-state index in [1.807, 2.05) is 0 Å². The zero-order chi connectivity index (χ0) is 31.3. The van der Waals surface area contributed by atoms with Gasteiger partial charge in [-0.2, -0.15) is 15.0 Å². The third-order valence-electron chi connectivity index (χ3n) is 10.0. The van der Waals surface area contributed by atoms with E-state index in [-0.39, 0.29) is 5.41 Å². The van der Waals surface area contributed by atoms with E-state index >= 15 is 0 Å². The van der Waals surface area contributed by atoms with Gasteiger partial charge in [0.25, 0.3) is 0 Å². The van der Waals surface area contributed by atoms with Crippen LogP contribution in [-0.4, -0.2) is 24.1 Å². The molecule has 0 saturated heterocycles. The first-order chi connectivity index (χ1) is 23.1. The first-order valence-electron chi connectivity index (χ1n) is 16.1. The number of fused-ring (bicyclic) bond motifs is 9. The summed E-state index contributed by atoms with van der Waals surface area (Å²) in [4.78, 5) is 16.0. The molecule has 0 bridgehead atoms. The summed E-state index contributed by atoms with van der Waals surface area (Å²) in [5.41, 5.74) is 10.1. The molecule has 0 saturated carbocycles. The lowest BCUT2D eigenvalue weighted by molar-refractivity contribution is 0.660. The number of aromatic nitrogens is 5. The smallest absolute Gasteiger partial charge is 0.240 e. The topological polar surface area (TPSA) is 48.5 Å². The summed E-state index contributed by atoms with van der Waals surface area (Å²) >= 11 is 0. The minimum Gasteiger partial charge on any atom is -0.278 e. The van der Waals surface area contributed by atoms with E-state index in [1.54, 1.807) is 0 Å². The normalized spacial score (nSPS) is 13.5. The average molecular weight is 604 g/mol. The Morgan fingerprint density at radius 1 is 0.404 bits per heavy atom. The van der Waals surface area contributed by atoms with Gasteiger partial charge in [-0.15, -0.1) is 0 Å². The molecule has 0 N–H and O–H groups in total. The van der Waals surface area contributed by atoms with Crippen LogP contribution in [0.1, 0.15) is 25.0 Å². The van der Waals surface area contributed by atoms with Gasteiger partial charge in [-0.05, 0) is 46.5 Å². The number of rotatable bonds is 3. The van der Waals surface area contributed by atoms with Crippen molar-refractivity contribution in [2.45, 2.75) is 19.3 Å². The van der Waals surface area contributed by atoms with Crippen LogP contribution in [0.25, 0.3) is 78.0 Å². The van der Waals surface area contributed by atoms with Gasteiger partial charge in [-0.25, -0.2) is 0 Å². The summed E-state index contributed by atoms with van der Waals surface area (Å²) in [5, 5.41) is 4.67. The Hall–Kier alpha value is -6.07. The SMILES string of the molecule is CC1(C)c2ccccc2-c2c(-c3nc(-n4c5ccccc5c5ccccc54)nc(-n4c5ccccc5c5ccccc54)n3)cccc21. The highest BCUT2D eigenvalue weighted by molar-refractivity contribution is 6.10. The zero-order valence-electron chi connectivity index (χ0n) is 26.0. The van der Waals surface area contributed by atoms with Gasteiger partial charge in [-0.1, -0.05) is 129 Å². The summed E-state index contributed by atoms with van der Waals surface area (Å²) in [7, 11) is 0. The second kappa shape index (κ2) is 9.47. The Labute approximate surface area is 271 Å². The van der Waals surface area contributed by atoms with Crippen molar-refractivity contribution in [3.8, 4) is 34.4 Å². The fourth-order valence-electron chi connectivity index (χ4n) is 7.89. The van der Waals surface area contributed by atoms with Gasteiger partial charge in [0.1, 0.15) is 0 Å². The van der Waals surface area contributed by atoms with Crippen molar-refractivity contribution in [1.82, 2.24) is 24.1 Å². The van der Waals surface area contributed by atoms with E-state index in [2.05, 4.69) is 163 Å². The zero-order valence-corrected chi connectivity index (χ0v) is 26.0. The van der Waals surface area contributed by atoms with Gasteiger partial charge in [0.15, 0.2) is 5.82 Å². The molecule has 47 heavy (non-hydrogen) atoms. The van der Waals surface area contributed by atoms with E-state index in [0.717, 1.165) is 27.6 Å². The average Bonchev–Trinajstić information content (AvgIpc) is 3.72. The molecule has 1 aliphatic rings. The third-order valence-corrected chi connectivity index (χ3v) is 10.0. The van der Waals surface area contributed by atoms with Crippen LogP contribution in [0.5, 0.6) is 0 Å². The van der Waals surface area contributed by atoms with Crippen molar-refractivity contribution in [1.29, 1.82) is 0 Å². The Morgan fingerprint density at radius 3 is 1.32 bits per heavy atom. The molecule has 3 aromatic heterocycles. The summed E-state index contributed by atoms with van der Waals surface area (Å²) in [5.74, 6) is 1.83. The number of hydrogen-bond acceptors (Lipinski definition) is 3. The lowest BCUT2D eigenvalue weighted by Gasteiger charge is -2.21. The van der Waals surface area contributed by atoms with E-state index in [1.165, 1.54) is 43.8 Å². The molecule has 6 aromatic carbocycles. The molecule has 9 aromatic rings. The second-order valence-electron chi connectivity index (χ2n) is 12.9. The van der Waals surface area contributed by atoms with Crippen LogP contribution in [0.4, 0.5) is 0 Å². The monoisotopic (exact) mass is 603 g/mol. The van der Waals surface area contributed by atoms with Crippen LogP contribution in [-0.2, 0) is 5.41 Å². The highest BCUT2D eigenvalue weighted by Gasteiger charge is 2.37. The van der Waals surface area contributed by atoms with Gasteiger partial charge >= 0.3 is 0 Å². The van der Waals surface area contributed by atoms with Crippen LogP contribution in [0.15, 0.2) is 140 Å². The predicted molar refractivity (Wildman–Crippen MR) is 192 cm³/mol. The Kier molecular flexibility index (Phi) is 5.28. The largest absolute Gasteiger partial charge is 0.278 e. The minimum absolute atomic E-state index is 0.139. The standard InChI is InChI=1S/C42H29N5/c1-42(2)32-20-8-3-18-30(32)38-31(19-13-21-33(38)42)39-43-40(46-34-22-9-4-14-26(34)27-15-5-10-23-35(27)46)45-41(44-39)47-36-24-11-6-16-28(36)29-17-7-12-25-37(29)47/h3-25H,1-2H3. The second-order valence-corrected chi connectivity index (χ2v) is 12.9. The van der Waals surface area contributed by atoms with E-state index in [9.17, 15) is 0 Å². The quantitative estimate of drug-likeness (QED) is 0.202. The molecule has 0 spiro atoms. The van der Waals surface area contributed by atoms with Crippen molar-refractivity contribution >= 4 is 43.6 Å². The highest BCUT2D eigenvalue weighted by Crippen LogP contribution is 2.51. The molecule has 1 aliphatic carbocycles. The molecule has 5 nitrogen and oxygen atoms in total. The minimum atomic E-state index is -0.139. The van der Waals surface area contributed by atoms with Gasteiger partial charge in [-0.3, -0.25) is 9.13 Å². The van der Waals surface area contributed by atoms with E-state index < -0.39 is 0 Å². The van der Waals surface area contributed by atoms with Crippen molar-refractivity contribution < 1.29 is 0 Å². The summed E-state index contributed by atoms with van der Waals surface area (Å²) in [6.07, 6.45) is 0. The molecular weight excluding hydrogens is 574 g/mol. The lowest BCUT2D eigenvalue weighted by Crippen LogP contribution is -2.15. The van der Waals surface area contributed by atoms with Gasteiger partial charge in [0, 0.05) is 32.5 Å². The molecule has 5 heteroatoms. The first-order valence-corrected chi connectivity index (χ1v) is 16.1. The maximum Gasteiger partial charge on any atom is 0.240 e. The molecule has 0 fully saturated rings. The first kappa shape index (κ1) is 26.2. The van der Waals surface area contributed by atoms with Gasteiger partial charge in [0.2, 0.25) is 11.9 Å². The van der Waals surface area contributed by atoms with Crippen molar-refractivity contribution in [3.63, 3.8) is 0 Å². The van der Waals surface area contributed by atoms with Crippen LogP contribution in [0.2, 0.25) is 0 Å². The molecule has 0 amide bonds. The Balaban J connectivity index is 1.35. The molecule has 0 atom stereocenters. The fourth-order valence-corrected chi connectivity index (χ4v) is 7.89. The van der Waals surface area contributed by atoms with Gasteiger partial charge in [0.05, 0.1) is 22.1 Å². The molecule has 0 unspecified atom stereocenters. The lowest BCUT2D eigenvalue weighted by atomic mass is 9.82. The van der Waals surface area contributed by atoms with Crippen molar-refractivity contribution in [3.05, 3.63) is 151 Å². The molecule has 222 valence electrons. The third kappa shape index (κ3) is 3.57. The molecule has 0 aliphatic heterocycles. The van der Waals surface area contributed by atoms with Crippen molar-refractivity contribution in [2.24, 2.45) is 0 Å².